The first-order valence-electron chi connectivity index (χ1n) is 6.62. The summed E-state index contributed by atoms with van der Waals surface area (Å²) < 4.78 is 0. The van der Waals surface area contributed by atoms with E-state index >= 15 is 0 Å². The fourth-order valence-electron chi connectivity index (χ4n) is 2.45. The number of nitrogens with one attached hydrogen (secondary N) is 1. The number of hydrogen-bond acceptors (Lipinski definition) is 2. The number of para-hydroxylation sites is 1. The quantitative estimate of drug-likeness (QED) is 0.874. The molecule has 0 unspecified atom stereocenters. The second kappa shape index (κ2) is 5.65. The van der Waals surface area contributed by atoms with Gasteiger partial charge in [0, 0.05) is 25.3 Å². The van der Waals surface area contributed by atoms with Crippen LogP contribution in [-0.2, 0) is 6.54 Å². The van der Waals surface area contributed by atoms with Crippen molar-refractivity contribution in [3.05, 3.63) is 64.7 Å². The number of hydrogen-bond donors (Lipinski definition) is 1. The van der Waals surface area contributed by atoms with E-state index in [9.17, 15) is 4.79 Å². The minimum absolute atomic E-state index is 0.0493. The van der Waals surface area contributed by atoms with Gasteiger partial charge in [0.25, 0.3) is 5.91 Å². The van der Waals surface area contributed by atoms with Crippen molar-refractivity contribution in [1.29, 1.82) is 0 Å². The van der Waals surface area contributed by atoms with E-state index < -0.39 is 0 Å². The Hall–Kier alpha value is -1.84. The third-order valence-electron chi connectivity index (χ3n) is 3.46. The Bertz CT molecular complexity index is 642. The first-order valence-corrected chi connectivity index (χ1v) is 7.00. The molecule has 0 atom stereocenters. The maximum atomic E-state index is 12.7. The molecule has 102 valence electrons. The summed E-state index contributed by atoms with van der Waals surface area (Å²) in [4.78, 5) is 14.6. The minimum Gasteiger partial charge on any atom is -0.311 e. The van der Waals surface area contributed by atoms with E-state index in [4.69, 9.17) is 11.6 Å². The number of fused-ring (bicyclic) bond motifs is 1. The van der Waals surface area contributed by atoms with Crippen LogP contribution in [0.2, 0.25) is 5.02 Å². The summed E-state index contributed by atoms with van der Waals surface area (Å²) in [5.41, 5.74) is 2.64. The lowest BCUT2D eigenvalue weighted by Gasteiger charge is -2.23. The number of carbonyl (C=O) groups is 1. The van der Waals surface area contributed by atoms with Crippen LogP contribution in [0.15, 0.2) is 48.5 Å². The Balaban J connectivity index is 2.02. The lowest BCUT2D eigenvalue weighted by Crippen LogP contribution is -2.34. The molecule has 1 heterocycles. The number of nitrogens with zero attached hydrogens (tertiary/aromatic N) is 1. The molecule has 4 heteroatoms. The summed E-state index contributed by atoms with van der Waals surface area (Å²) in [5.74, 6) is -0.0493. The summed E-state index contributed by atoms with van der Waals surface area (Å²) in [6.07, 6.45) is 0. The van der Waals surface area contributed by atoms with Crippen LogP contribution in [0.3, 0.4) is 0 Å². The van der Waals surface area contributed by atoms with Crippen molar-refractivity contribution in [3.63, 3.8) is 0 Å². The highest BCUT2D eigenvalue weighted by Crippen LogP contribution is 2.26. The van der Waals surface area contributed by atoms with E-state index in [1.807, 2.05) is 36.4 Å². The zero-order chi connectivity index (χ0) is 13.9. The molecule has 1 aliphatic rings. The molecule has 0 bridgehead atoms. The molecule has 1 N–H and O–H groups in total. The third kappa shape index (κ3) is 2.42. The Morgan fingerprint density at radius 1 is 1.10 bits per heavy atom. The van der Waals surface area contributed by atoms with Crippen LogP contribution in [0.5, 0.6) is 0 Å². The highest BCUT2D eigenvalue weighted by molar-refractivity contribution is 6.34. The molecular weight excluding hydrogens is 272 g/mol. The number of carbonyl (C=O) groups excluding carboxylic acids is 1. The third-order valence-corrected chi connectivity index (χ3v) is 3.79. The number of amides is 1. The molecule has 0 spiro atoms. The predicted molar refractivity (Wildman–Crippen MR) is 81.3 cm³/mol. The first-order chi connectivity index (χ1) is 9.77. The van der Waals surface area contributed by atoms with Crippen LogP contribution < -0.4 is 10.2 Å². The maximum absolute atomic E-state index is 12.7. The van der Waals surface area contributed by atoms with Gasteiger partial charge in [-0.05, 0) is 23.8 Å². The van der Waals surface area contributed by atoms with Crippen molar-refractivity contribution in [2.24, 2.45) is 0 Å². The van der Waals surface area contributed by atoms with Crippen molar-refractivity contribution in [2.75, 3.05) is 18.0 Å². The second-order valence-corrected chi connectivity index (χ2v) is 5.15. The van der Waals surface area contributed by atoms with Crippen molar-refractivity contribution < 1.29 is 4.79 Å². The average molecular weight is 287 g/mol. The maximum Gasteiger partial charge on any atom is 0.259 e. The molecule has 0 aliphatic carbocycles. The molecule has 3 rings (SSSR count). The summed E-state index contributed by atoms with van der Waals surface area (Å²) >= 11 is 6.14. The van der Waals surface area contributed by atoms with E-state index in [-0.39, 0.29) is 5.91 Å². The van der Waals surface area contributed by atoms with Crippen molar-refractivity contribution in [1.82, 2.24) is 5.32 Å². The zero-order valence-electron chi connectivity index (χ0n) is 11.0. The molecular formula is C16H15ClN2O. The zero-order valence-corrected chi connectivity index (χ0v) is 11.7. The monoisotopic (exact) mass is 286 g/mol. The Morgan fingerprint density at radius 3 is 2.70 bits per heavy atom. The lowest BCUT2D eigenvalue weighted by atomic mass is 10.1. The summed E-state index contributed by atoms with van der Waals surface area (Å²) in [6.45, 7) is 2.19. The highest BCUT2D eigenvalue weighted by Gasteiger charge is 2.23. The van der Waals surface area contributed by atoms with Gasteiger partial charge >= 0.3 is 0 Å². The number of rotatable bonds is 1. The second-order valence-electron chi connectivity index (χ2n) is 4.74. The fraction of sp³-hybridized carbons (Fsp3) is 0.188. The van der Waals surface area contributed by atoms with Crippen molar-refractivity contribution >= 4 is 23.2 Å². The molecule has 0 radical (unpaired) electrons. The van der Waals surface area contributed by atoms with Crippen molar-refractivity contribution in [2.45, 2.75) is 6.54 Å². The van der Waals surface area contributed by atoms with Gasteiger partial charge in [-0.3, -0.25) is 4.79 Å². The minimum atomic E-state index is -0.0493. The van der Waals surface area contributed by atoms with Gasteiger partial charge in [0.05, 0.1) is 10.6 Å². The summed E-state index contributed by atoms with van der Waals surface area (Å²) in [7, 11) is 0. The fourth-order valence-corrected chi connectivity index (χ4v) is 2.67. The molecule has 0 saturated carbocycles. The SMILES string of the molecule is O=C(c1ccccc1Cl)N1CCNCc2ccccc21. The van der Waals surface area contributed by atoms with Gasteiger partial charge in [-0.1, -0.05) is 41.9 Å². The lowest BCUT2D eigenvalue weighted by molar-refractivity contribution is 0.0987. The normalized spacial score (nSPS) is 14.6. The van der Waals surface area contributed by atoms with Crippen LogP contribution in [0.1, 0.15) is 15.9 Å². The Kier molecular flexibility index (Phi) is 3.72. The molecule has 2 aromatic carbocycles. The van der Waals surface area contributed by atoms with Gasteiger partial charge in [0.2, 0.25) is 0 Å². The van der Waals surface area contributed by atoms with E-state index in [1.165, 1.54) is 0 Å². The number of anilines is 1. The Labute approximate surface area is 123 Å². The number of halogens is 1. The van der Waals surface area contributed by atoms with Crippen molar-refractivity contribution in [3.8, 4) is 0 Å². The molecule has 1 aliphatic heterocycles. The van der Waals surface area contributed by atoms with E-state index in [2.05, 4.69) is 5.32 Å². The van der Waals surface area contributed by atoms with Gasteiger partial charge in [-0.25, -0.2) is 0 Å². The van der Waals surface area contributed by atoms with E-state index in [0.29, 0.717) is 17.1 Å². The smallest absolute Gasteiger partial charge is 0.259 e. The highest BCUT2D eigenvalue weighted by atomic mass is 35.5. The van der Waals surface area contributed by atoms with Crippen LogP contribution in [0, 0.1) is 0 Å². The first kappa shape index (κ1) is 13.2. The van der Waals surface area contributed by atoms with Gasteiger partial charge in [0.1, 0.15) is 0 Å². The molecule has 0 saturated heterocycles. The molecule has 20 heavy (non-hydrogen) atoms. The van der Waals surface area contributed by atoms with Crippen LogP contribution >= 0.6 is 11.6 Å². The van der Waals surface area contributed by atoms with Crippen LogP contribution in [-0.4, -0.2) is 19.0 Å². The molecule has 1 amide bonds. The predicted octanol–water partition coefficient (Wildman–Crippen LogP) is 3.09. The van der Waals surface area contributed by atoms with E-state index in [0.717, 1.165) is 24.3 Å². The van der Waals surface area contributed by atoms with Gasteiger partial charge in [-0.15, -0.1) is 0 Å². The topological polar surface area (TPSA) is 32.3 Å². The standard InChI is InChI=1S/C16H15ClN2O/c17-14-7-3-2-6-13(14)16(20)19-10-9-18-11-12-5-1-4-8-15(12)19/h1-8,18H,9-11H2. The number of benzene rings is 2. The molecule has 0 aromatic heterocycles. The molecule has 3 nitrogen and oxygen atoms in total. The van der Waals surface area contributed by atoms with Crippen LogP contribution in [0.4, 0.5) is 5.69 Å². The molecule has 2 aromatic rings. The van der Waals surface area contributed by atoms with Gasteiger partial charge in [-0.2, -0.15) is 0 Å². The largest absolute Gasteiger partial charge is 0.311 e. The van der Waals surface area contributed by atoms with E-state index in [1.54, 1.807) is 17.0 Å². The summed E-state index contributed by atoms with van der Waals surface area (Å²) in [5, 5.41) is 3.82. The van der Waals surface area contributed by atoms with Gasteiger partial charge in [0.15, 0.2) is 0 Å². The Morgan fingerprint density at radius 2 is 1.85 bits per heavy atom. The summed E-state index contributed by atoms with van der Waals surface area (Å²) in [6, 6.07) is 15.2. The average Bonchev–Trinajstić information content (AvgIpc) is 2.69. The van der Waals surface area contributed by atoms with Gasteiger partial charge < -0.3 is 10.2 Å². The van der Waals surface area contributed by atoms with Crippen LogP contribution in [0.25, 0.3) is 0 Å². The molecule has 0 fully saturated rings.